The van der Waals surface area contributed by atoms with Crippen LogP contribution in [0.15, 0.2) is 18.3 Å². The van der Waals surface area contributed by atoms with E-state index in [4.69, 9.17) is 4.74 Å². The molecule has 0 aromatic carbocycles. The van der Waals surface area contributed by atoms with Crippen LogP contribution in [0.5, 0.6) is 5.75 Å². The highest BCUT2D eigenvalue weighted by molar-refractivity contribution is 5.25. The summed E-state index contributed by atoms with van der Waals surface area (Å²) in [7, 11) is 0. The number of aryl methyl sites for hydroxylation is 1. The Labute approximate surface area is 97.2 Å². The van der Waals surface area contributed by atoms with Crippen LogP contribution in [-0.2, 0) is 0 Å². The molecule has 16 heavy (non-hydrogen) atoms. The highest BCUT2D eigenvalue weighted by atomic mass is 16.5. The molecule has 1 aliphatic rings. The summed E-state index contributed by atoms with van der Waals surface area (Å²) in [6.45, 7) is 5.08. The summed E-state index contributed by atoms with van der Waals surface area (Å²) in [6, 6.07) is 4.65. The summed E-state index contributed by atoms with van der Waals surface area (Å²) < 4.78 is 5.95. The maximum atomic E-state index is 5.95. The number of ether oxygens (including phenoxy) is 1. The highest BCUT2D eigenvalue weighted by Crippen LogP contribution is 2.20. The molecular weight excluding hydrogens is 200 g/mol. The Hall–Kier alpha value is -1.09. The van der Waals surface area contributed by atoms with Crippen molar-refractivity contribution >= 4 is 0 Å². The molecule has 1 aliphatic carbocycles. The van der Waals surface area contributed by atoms with Crippen LogP contribution in [0.3, 0.4) is 0 Å². The van der Waals surface area contributed by atoms with E-state index in [2.05, 4.69) is 17.2 Å². The first-order chi connectivity index (χ1) is 7.79. The van der Waals surface area contributed by atoms with Crippen molar-refractivity contribution < 1.29 is 4.74 Å². The summed E-state index contributed by atoms with van der Waals surface area (Å²) in [4.78, 5) is 4.23. The van der Waals surface area contributed by atoms with Crippen molar-refractivity contribution in [3.8, 4) is 5.75 Å². The van der Waals surface area contributed by atoms with Gasteiger partial charge in [-0.25, -0.2) is 0 Å². The molecule has 1 heterocycles. The quantitative estimate of drug-likeness (QED) is 0.798. The van der Waals surface area contributed by atoms with E-state index in [0.717, 1.165) is 30.5 Å². The average Bonchev–Trinajstić information content (AvgIpc) is 3.10. The standard InChI is InChI=1S/C13H20N2O/c1-3-12(9-15-11-6-7-11)16-13-5-4-8-14-10(13)2/h4-5,8,11-12,15H,3,6-7,9H2,1-2H3. The second kappa shape index (κ2) is 5.30. The van der Waals surface area contributed by atoms with Crippen LogP contribution in [-0.4, -0.2) is 23.7 Å². The summed E-state index contributed by atoms with van der Waals surface area (Å²) >= 11 is 0. The van der Waals surface area contributed by atoms with Gasteiger partial charge in [0.05, 0.1) is 5.69 Å². The molecule has 1 aromatic rings. The predicted molar refractivity (Wildman–Crippen MR) is 64.7 cm³/mol. The zero-order valence-corrected chi connectivity index (χ0v) is 10.1. The van der Waals surface area contributed by atoms with Gasteiger partial charge in [-0.3, -0.25) is 4.98 Å². The second-order valence-corrected chi connectivity index (χ2v) is 4.42. The first-order valence-corrected chi connectivity index (χ1v) is 6.11. The molecular formula is C13H20N2O. The third-order valence-electron chi connectivity index (χ3n) is 2.92. The number of rotatable bonds is 6. The molecule has 0 radical (unpaired) electrons. The molecule has 1 N–H and O–H groups in total. The zero-order chi connectivity index (χ0) is 11.4. The van der Waals surface area contributed by atoms with Gasteiger partial charge in [0.15, 0.2) is 0 Å². The lowest BCUT2D eigenvalue weighted by Crippen LogP contribution is -2.32. The van der Waals surface area contributed by atoms with E-state index in [1.807, 2.05) is 19.1 Å². The number of pyridine rings is 1. The van der Waals surface area contributed by atoms with Crippen molar-refractivity contribution in [1.82, 2.24) is 10.3 Å². The van der Waals surface area contributed by atoms with E-state index in [9.17, 15) is 0 Å². The van der Waals surface area contributed by atoms with Gasteiger partial charge in [-0.05, 0) is 38.3 Å². The van der Waals surface area contributed by atoms with Gasteiger partial charge in [0.1, 0.15) is 11.9 Å². The first kappa shape index (κ1) is 11.4. The van der Waals surface area contributed by atoms with Crippen LogP contribution in [0.4, 0.5) is 0 Å². The van der Waals surface area contributed by atoms with Gasteiger partial charge in [-0.1, -0.05) is 6.92 Å². The topological polar surface area (TPSA) is 34.1 Å². The van der Waals surface area contributed by atoms with Crippen molar-refractivity contribution in [3.05, 3.63) is 24.0 Å². The molecule has 3 heteroatoms. The van der Waals surface area contributed by atoms with Crippen LogP contribution in [0.1, 0.15) is 31.9 Å². The number of nitrogens with zero attached hydrogens (tertiary/aromatic N) is 1. The maximum Gasteiger partial charge on any atom is 0.140 e. The van der Waals surface area contributed by atoms with Crippen molar-refractivity contribution in [3.63, 3.8) is 0 Å². The molecule has 1 fully saturated rings. The summed E-state index contributed by atoms with van der Waals surface area (Å²) in [5.74, 6) is 0.909. The van der Waals surface area contributed by atoms with Crippen molar-refractivity contribution in [2.45, 2.75) is 45.3 Å². The lowest BCUT2D eigenvalue weighted by molar-refractivity contribution is 0.191. The Morgan fingerprint density at radius 3 is 3.00 bits per heavy atom. The number of aromatic nitrogens is 1. The van der Waals surface area contributed by atoms with Gasteiger partial charge in [0.2, 0.25) is 0 Å². The Morgan fingerprint density at radius 2 is 2.38 bits per heavy atom. The first-order valence-electron chi connectivity index (χ1n) is 6.11. The minimum Gasteiger partial charge on any atom is -0.487 e. The fraction of sp³-hybridized carbons (Fsp3) is 0.615. The summed E-state index contributed by atoms with van der Waals surface area (Å²) in [5, 5.41) is 3.50. The smallest absolute Gasteiger partial charge is 0.140 e. The molecule has 2 rings (SSSR count). The van der Waals surface area contributed by atoms with Crippen LogP contribution < -0.4 is 10.1 Å². The van der Waals surface area contributed by atoms with Crippen molar-refractivity contribution in [2.75, 3.05) is 6.54 Å². The predicted octanol–water partition coefficient (Wildman–Crippen LogP) is 2.30. The average molecular weight is 220 g/mol. The van der Waals surface area contributed by atoms with Gasteiger partial charge >= 0.3 is 0 Å². The molecule has 0 amide bonds. The van der Waals surface area contributed by atoms with Gasteiger partial charge in [0.25, 0.3) is 0 Å². The Balaban J connectivity index is 1.87. The molecule has 1 atom stereocenters. The van der Waals surface area contributed by atoms with E-state index >= 15 is 0 Å². The molecule has 0 spiro atoms. The van der Waals surface area contributed by atoms with E-state index in [1.165, 1.54) is 12.8 Å². The Kier molecular flexibility index (Phi) is 3.78. The van der Waals surface area contributed by atoms with Crippen LogP contribution >= 0.6 is 0 Å². The maximum absolute atomic E-state index is 5.95. The van der Waals surface area contributed by atoms with Gasteiger partial charge in [-0.2, -0.15) is 0 Å². The normalized spacial score (nSPS) is 17.1. The Morgan fingerprint density at radius 1 is 1.56 bits per heavy atom. The number of hydrogen-bond acceptors (Lipinski definition) is 3. The van der Waals surface area contributed by atoms with Crippen LogP contribution in [0.25, 0.3) is 0 Å². The van der Waals surface area contributed by atoms with Gasteiger partial charge in [0, 0.05) is 18.8 Å². The van der Waals surface area contributed by atoms with Gasteiger partial charge in [-0.15, -0.1) is 0 Å². The van der Waals surface area contributed by atoms with E-state index in [0.29, 0.717) is 0 Å². The number of nitrogens with one attached hydrogen (secondary N) is 1. The van der Waals surface area contributed by atoms with E-state index in [1.54, 1.807) is 6.20 Å². The largest absolute Gasteiger partial charge is 0.487 e. The fourth-order valence-electron chi connectivity index (χ4n) is 1.63. The van der Waals surface area contributed by atoms with Gasteiger partial charge < -0.3 is 10.1 Å². The number of hydrogen-bond donors (Lipinski definition) is 1. The van der Waals surface area contributed by atoms with E-state index < -0.39 is 0 Å². The van der Waals surface area contributed by atoms with Crippen molar-refractivity contribution in [1.29, 1.82) is 0 Å². The lowest BCUT2D eigenvalue weighted by atomic mass is 10.2. The molecule has 0 saturated heterocycles. The summed E-state index contributed by atoms with van der Waals surface area (Å²) in [5.41, 5.74) is 0.965. The fourth-order valence-corrected chi connectivity index (χ4v) is 1.63. The minimum atomic E-state index is 0.253. The molecule has 0 bridgehead atoms. The molecule has 1 saturated carbocycles. The van der Waals surface area contributed by atoms with Crippen LogP contribution in [0, 0.1) is 6.92 Å². The minimum absolute atomic E-state index is 0.253. The van der Waals surface area contributed by atoms with E-state index in [-0.39, 0.29) is 6.10 Å². The molecule has 3 nitrogen and oxygen atoms in total. The van der Waals surface area contributed by atoms with Crippen LogP contribution in [0.2, 0.25) is 0 Å². The lowest BCUT2D eigenvalue weighted by Gasteiger charge is -2.19. The molecule has 0 aliphatic heterocycles. The summed E-state index contributed by atoms with van der Waals surface area (Å²) in [6.07, 6.45) is 5.72. The van der Waals surface area contributed by atoms with Crippen molar-refractivity contribution in [2.24, 2.45) is 0 Å². The molecule has 1 aromatic heterocycles. The third-order valence-corrected chi connectivity index (χ3v) is 2.92. The molecule has 88 valence electrons. The SMILES string of the molecule is CCC(CNC1CC1)Oc1cccnc1C. The monoisotopic (exact) mass is 220 g/mol. The third kappa shape index (κ3) is 3.20. The zero-order valence-electron chi connectivity index (χ0n) is 10.1. The second-order valence-electron chi connectivity index (χ2n) is 4.42. The Bertz CT molecular complexity index is 336. The molecule has 1 unspecified atom stereocenters. The highest BCUT2D eigenvalue weighted by Gasteiger charge is 2.22.